The highest BCUT2D eigenvalue weighted by molar-refractivity contribution is 5.89. The third kappa shape index (κ3) is 5.13. The summed E-state index contributed by atoms with van der Waals surface area (Å²) >= 11 is 0. The van der Waals surface area contributed by atoms with E-state index in [4.69, 9.17) is 9.72 Å². The van der Waals surface area contributed by atoms with Crippen LogP contribution in [0.2, 0.25) is 0 Å². The Hall–Kier alpha value is -3.26. The van der Waals surface area contributed by atoms with E-state index in [2.05, 4.69) is 44.6 Å². The number of aromatic nitrogens is 3. The van der Waals surface area contributed by atoms with Crippen LogP contribution in [-0.4, -0.2) is 54.2 Å². The number of hydrogen-bond acceptors (Lipinski definition) is 7. The number of fused-ring (bicyclic) bond motifs is 1. The summed E-state index contributed by atoms with van der Waals surface area (Å²) in [6, 6.07) is 10.2. The van der Waals surface area contributed by atoms with Gasteiger partial charge in [0, 0.05) is 51.6 Å². The number of aryl methyl sites for hydroxylation is 1. The van der Waals surface area contributed by atoms with Gasteiger partial charge in [-0.25, -0.2) is 15.0 Å². The fourth-order valence-corrected chi connectivity index (χ4v) is 4.04. The van der Waals surface area contributed by atoms with Gasteiger partial charge >= 0.3 is 0 Å². The van der Waals surface area contributed by atoms with Crippen LogP contribution in [0.4, 0.5) is 11.8 Å². The lowest BCUT2D eigenvalue weighted by atomic mass is 9.95. The number of amides is 1. The van der Waals surface area contributed by atoms with E-state index in [0.717, 1.165) is 42.7 Å². The number of carbonyl (C=O) groups excluding carboxylic acids is 1. The molecule has 2 N–H and O–H groups in total. The molecule has 1 aromatic carbocycles. The Labute approximate surface area is 188 Å². The summed E-state index contributed by atoms with van der Waals surface area (Å²) in [5, 5.41) is 7.20. The van der Waals surface area contributed by atoms with Crippen molar-refractivity contribution in [1.82, 2.24) is 20.3 Å². The molecule has 0 spiro atoms. The zero-order chi connectivity index (χ0) is 22.3. The van der Waals surface area contributed by atoms with E-state index < -0.39 is 0 Å². The number of anilines is 2. The van der Waals surface area contributed by atoms with Gasteiger partial charge in [0.05, 0.1) is 17.5 Å². The number of rotatable bonds is 8. The highest BCUT2D eigenvalue weighted by Crippen LogP contribution is 2.28. The SMILES string of the molecule is COCCNC(=O)C1CCN(c2nccc3nc(NCc4ccccc4C)ncc23)CC1. The van der Waals surface area contributed by atoms with Gasteiger partial charge in [-0.3, -0.25) is 4.79 Å². The maximum atomic E-state index is 12.3. The molecule has 0 atom stereocenters. The summed E-state index contributed by atoms with van der Waals surface area (Å²) in [6.45, 7) is 5.42. The number of piperidine rings is 1. The second-order valence-corrected chi connectivity index (χ2v) is 8.09. The number of ether oxygens (including phenoxy) is 1. The minimum Gasteiger partial charge on any atom is -0.383 e. The highest BCUT2D eigenvalue weighted by Gasteiger charge is 2.26. The standard InChI is InChI=1S/C24H30N6O2/c1-17-5-3-4-6-19(17)15-27-24-28-16-20-21(29-24)7-10-25-22(20)30-12-8-18(9-13-30)23(31)26-11-14-32-2/h3-7,10,16,18H,8-9,11-15H2,1-2H3,(H,26,31)(H,27,28,29). The quantitative estimate of drug-likeness (QED) is 0.527. The molecule has 0 unspecified atom stereocenters. The first-order valence-corrected chi connectivity index (χ1v) is 11.1. The number of methoxy groups -OCH3 is 1. The Morgan fingerprint density at radius 1 is 1.19 bits per heavy atom. The van der Waals surface area contributed by atoms with Crippen LogP contribution in [0.3, 0.4) is 0 Å². The van der Waals surface area contributed by atoms with Crippen molar-refractivity contribution in [2.75, 3.05) is 43.6 Å². The molecule has 0 aliphatic carbocycles. The molecule has 3 heterocycles. The molecule has 168 valence electrons. The van der Waals surface area contributed by atoms with Crippen molar-refractivity contribution in [3.63, 3.8) is 0 Å². The van der Waals surface area contributed by atoms with Crippen LogP contribution in [-0.2, 0) is 16.1 Å². The Kier molecular flexibility index (Phi) is 7.11. The Morgan fingerprint density at radius 2 is 2.00 bits per heavy atom. The third-order valence-corrected chi connectivity index (χ3v) is 5.96. The van der Waals surface area contributed by atoms with Crippen molar-refractivity contribution in [3.8, 4) is 0 Å². The number of pyridine rings is 1. The minimum absolute atomic E-state index is 0.0339. The number of nitrogens with one attached hydrogen (secondary N) is 2. The first kappa shape index (κ1) is 22.0. The fourth-order valence-electron chi connectivity index (χ4n) is 4.04. The zero-order valence-electron chi connectivity index (χ0n) is 18.7. The summed E-state index contributed by atoms with van der Waals surface area (Å²) in [7, 11) is 1.63. The third-order valence-electron chi connectivity index (χ3n) is 5.96. The summed E-state index contributed by atoms with van der Waals surface area (Å²) in [6.07, 6.45) is 5.23. The van der Waals surface area contributed by atoms with Gasteiger partial charge in [0.25, 0.3) is 0 Å². The summed E-state index contributed by atoms with van der Waals surface area (Å²) in [4.78, 5) is 28.4. The number of nitrogens with zero attached hydrogens (tertiary/aromatic N) is 4. The molecule has 8 heteroatoms. The van der Waals surface area contributed by atoms with E-state index in [1.165, 1.54) is 11.1 Å². The minimum atomic E-state index is 0.0339. The zero-order valence-corrected chi connectivity index (χ0v) is 18.7. The van der Waals surface area contributed by atoms with Gasteiger partial charge in [-0.2, -0.15) is 0 Å². The first-order chi connectivity index (χ1) is 15.7. The second-order valence-electron chi connectivity index (χ2n) is 8.09. The molecular formula is C24H30N6O2. The summed E-state index contributed by atoms with van der Waals surface area (Å²) in [5.41, 5.74) is 3.32. The Morgan fingerprint density at radius 3 is 2.78 bits per heavy atom. The largest absolute Gasteiger partial charge is 0.383 e. The van der Waals surface area contributed by atoms with Crippen LogP contribution in [0.25, 0.3) is 10.9 Å². The summed E-state index contributed by atoms with van der Waals surface area (Å²) in [5.74, 6) is 1.63. The van der Waals surface area contributed by atoms with Gasteiger partial charge < -0.3 is 20.3 Å². The molecule has 1 aliphatic heterocycles. The normalized spacial score (nSPS) is 14.5. The molecule has 0 saturated carbocycles. The smallest absolute Gasteiger partial charge is 0.223 e. The van der Waals surface area contributed by atoms with E-state index in [1.54, 1.807) is 13.3 Å². The molecule has 0 bridgehead atoms. The Balaban J connectivity index is 1.41. The molecule has 32 heavy (non-hydrogen) atoms. The molecule has 4 rings (SSSR count). The molecular weight excluding hydrogens is 404 g/mol. The first-order valence-electron chi connectivity index (χ1n) is 11.1. The van der Waals surface area contributed by atoms with Crippen LogP contribution in [0, 0.1) is 12.8 Å². The van der Waals surface area contributed by atoms with Crippen molar-refractivity contribution < 1.29 is 9.53 Å². The van der Waals surface area contributed by atoms with Crippen LogP contribution in [0.15, 0.2) is 42.7 Å². The van der Waals surface area contributed by atoms with E-state index in [9.17, 15) is 4.79 Å². The van der Waals surface area contributed by atoms with E-state index in [-0.39, 0.29) is 11.8 Å². The number of benzene rings is 1. The van der Waals surface area contributed by atoms with Crippen molar-refractivity contribution in [3.05, 3.63) is 53.9 Å². The van der Waals surface area contributed by atoms with Crippen molar-refractivity contribution in [2.24, 2.45) is 5.92 Å². The molecule has 1 amide bonds. The van der Waals surface area contributed by atoms with E-state index in [0.29, 0.717) is 25.6 Å². The average Bonchev–Trinajstić information content (AvgIpc) is 2.83. The van der Waals surface area contributed by atoms with Gasteiger partial charge in [-0.1, -0.05) is 24.3 Å². The van der Waals surface area contributed by atoms with Crippen LogP contribution in [0.5, 0.6) is 0 Å². The van der Waals surface area contributed by atoms with Crippen molar-refractivity contribution >= 4 is 28.6 Å². The van der Waals surface area contributed by atoms with Crippen molar-refractivity contribution in [2.45, 2.75) is 26.3 Å². The number of hydrogen-bond donors (Lipinski definition) is 2. The van der Waals surface area contributed by atoms with Crippen molar-refractivity contribution in [1.29, 1.82) is 0 Å². The average molecular weight is 435 g/mol. The lowest BCUT2D eigenvalue weighted by Crippen LogP contribution is -2.41. The van der Waals surface area contributed by atoms with Crippen LogP contribution in [0.1, 0.15) is 24.0 Å². The van der Waals surface area contributed by atoms with Gasteiger partial charge in [-0.15, -0.1) is 0 Å². The van der Waals surface area contributed by atoms with E-state index >= 15 is 0 Å². The highest BCUT2D eigenvalue weighted by atomic mass is 16.5. The maximum absolute atomic E-state index is 12.3. The van der Waals surface area contributed by atoms with E-state index in [1.807, 2.05) is 24.4 Å². The summed E-state index contributed by atoms with van der Waals surface area (Å²) < 4.78 is 5.00. The monoisotopic (exact) mass is 434 g/mol. The van der Waals surface area contributed by atoms with Gasteiger partial charge in [0.1, 0.15) is 5.82 Å². The fraction of sp³-hybridized carbons (Fsp3) is 0.417. The van der Waals surface area contributed by atoms with Gasteiger partial charge in [-0.05, 0) is 37.0 Å². The number of carbonyl (C=O) groups is 1. The molecule has 3 aromatic rings. The molecule has 2 aromatic heterocycles. The maximum Gasteiger partial charge on any atom is 0.223 e. The molecule has 1 aliphatic rings. The molecule has 0 radical (unpaired) electrons. The van der Waals surface area contributed by atoms with Crippen LogP contribution < -0.4 is 15.5 Å². The lowest BCUT2D eigenvalue weighted by molar-refractivity contribution is -0.125. The van der Waals surface area contributed by atoms with Gasteiger partial charge in [0.15, 0.2) is 0 Å². The topological polar surface area (TPSA) is 92.3 Å². The lowest BCUT2D eigenvalue weighted by Gasteiger charge is -2.32. The molecule has 1 saturated heterocycles. The Bertz CT molecular complexity index is 1070. The van der Waals surface area contributed by atoms with Gasteiger partial charge in [0.2, 0.25) is 11.9 Å². The predicted molar refractivity (Wildman–Crippen MR) is 126 cm³/mol. The molecule has 8 nitrogen and oxygen atoms in total. The molecule has 1 fully saturated rings. The second kappa shape index (κ2) is 10.4. The predicted octanol–water partition coefficient (Wildman–Crippen LogP) is 2.92. The van der Waals surface area contributed by atoms with Crippen LogP contribution >= 0.6 is 0 Å².